The van der Waals surface area contributed by atoms with Crippen molar-refractivity contribution in [2.45, 2.75) is 13.3 Å². The van der Waals surface area contributed by atoms with Crippen molar-refractivity contribution in [3.05, 3.63) is 34.9 Å². The lowest BCUT2D eigenvalue weighted by atomic mass is 10.1. The van der Waals surface area contributed by atoms with Gasteiger partial charge in [0.15, 0.2) is 5.96 Å². The van der Waals surface area contributed by atoms with Crippen LogP contribution in [-0.4, -0.2) is 75.2 Å². The second-order valence-electron chi connectivity index (χ2n) is 6.08. The van der Waals surface area contributed by atoms with Crippen LogP contribution >= 0.6 is 35.6 Å². The molecule has 142 valence electrons. The van der Waals surface area contributed by atoms with Crippen molar-refractivity contribution in [1.82, 2.24) is 20.4 Å². The molecule has 1 aliphatic heterocycles. The minimum Gasteiger partial charge on any atom is -0.356 e. The lowest BCUT2D eigenvalue weighted by Crippen LogP contribution is -2.49. The summed E-state index contributed by atoms with van der Waals surface area (Å²) in [4.78, 5) is 9.30. The molecule has 0 amide bonds. The Kier molecular flexibility index (Phi) is 11.4. The number of benzene rings is 1. The number of guanidine groups is 1. The highest BCUT2D eigenvalue weighted by Gasteiger charge is 2.14. The molecule has 0 aromatic heterocycles. The summed E-state index contributed by atoms with van der Waals surface area (Å²) >= 11 is 6.01. The number of likely N-dealkylation sites (N-methyl/N-ethyl adjacent to an activating group) is 1. The standard InChI is InChI=1S/C18H30ClN5.HI/c1-3-23-11-13-24(14-12-23)10-9-22-18(20-2)21-8-7-16-5-4-6-17(19)15-16;/h4-6,15H,3,7-14H2,1-2H3,(H2,20,21,22);1H. The van der Waals surface area contributed by atoms with E-state index in [4.69, 9.17) is 11.6 Å². The van der Waals surface area contributed by atoms with E-state index in [1.807, 2.05) is 25.2 Å². The molecule has 1 aromatic rings. The van der Waals surface area contributed by atoms with E-state index in [9.17, 15) is 0 Å². The summed E-state index contributed by atoms with van der Waals surface area (Å²) in [6.45, 7) is 10.9. The summed E-state index contributed by atoms with van der Waals surface area (Å²) in [5, 5.41) is 7.55. The summed E-state index contributed by atoms with van der Waals surface area (Å²) in [5.74, 6) is 0.865. The van der Waals surface area contributed by atoms with E-state index in [0.29, 0.717) is 0 Å². The molecule has 0 unspecified atom stereocenters. The van der Waals surface area contributed by atoms with Crippen molar-refractivity contribution in [2.75, 3.05) is 59.4 Å². The molecule has 5 nitrogen and oxygen atoms in total. The van der Waals surface area contributed by atoms with E-state index in [-0.39, 0.29) is 24.0 Å². The summed E-state index contributed by atoms with van der Waals surface area (Å²) in [7, 11) is 1.81. The van der Waals surface area contributed by atoms with Crippen LogP contribution in [0, 0.1) is 0 Å². The Hall–Kier alpha value is -0.570. The third-order valence-electron chi connectivity index (χ3n) is 4.45. The Bertz CT molecular complexity index is 518. The van der Waals surface area contributed by atoms with Crippen LogP contribution in [0.5, 0.6) is 0 Å². The molecule has 2 N–H and O–H groups in total. The molecule has 1 saturated heterocycles. The first-order valence-electron chi connectivity index (χ1n) is 8.85. The van der Waals surface area contributed by atoms with Crippen molar-refractivity contribution in [1.29, 1.82) is 0 Å². The number of hydrogen-bond donors (Lipinski definition) is 2. The normalized spacial score (nSPS) is 16.4. The van der Waals surface area contributed by atoms with Crippen LogP contribution in [0.3, 0.4) is 0 Å². The molecule has 7 heteroatoms. The first-order valence-corrected chi connectivity index (χ1v) is 9.22. The third-order valence-corrected chi connectivity index (χ3v) is 4.69. The van der Waals surface area contributed by atoms with Crippen LogP contribution in [0.2, 0.25) is 5.02 Å². The van der Waals surface area contributed by atoms with E-state index in [0.717, 1.165) is 56.7 Å². The minimum atomic E-state index is 0. The van der Waals surface area contributed by atoms with Crippen LogP contribution in [-0.2, 0) is 6.42 Å². The largest absolute Gasteiger partial charge is 0.356 e. The average Bonchev–Trinajstić information content (AvgIpc) is 2.61. The van der Waals surface area contributed by atoms with Gasteiger partial charge < -0.3 is 15.5 Å². The van der Waals surface area contributed by atoms with E-state index in [1.54, 1.807) is 0 Å². The first-order chi connectivity index (χ1) is 11.7. The molecule has 1 aromatic carbocycles. The highest BCUT2D eigenvalue weighted by atomic mass is 127. The van der Waals surface area contributed by atoms with Gasteiger partial charge >= 0.3 is 0 Å². The second kappa shape index (κ2) is 12.7. The topological polar surface area (TPSA) is 42.9 Å². The van der Waals surface area contributed by atoms with Gasteiger partial charge in [0.2, 0.25) is 0 Å². The zero-order chi connectivity index (χ0) is 17.2. The van der Waals surface area contributed by atoms with Gasteiger partial charge in [-0.3, -0.25) is 9.89 Å². The number of hydrogen-bond acceptors (Lipinski definition) is 3. The molecule has 0 bridgehead atoms. The molecule has 0 spiro atoms. The van der Waals surface area contributed by atoms with Gasteiger partial charge in [0.05, 0.1) is 0 Å². The minimum absolute atomic E-state index is 0. The van der Waals surface area contributed by atoms with Gasteiger partial charge in [-0.15, -0.1) is 24.0 Å². The molecule has 0 aliphatic carbocycles. The molecular formula is C18H31ClIN5. The number of nitrogens with zero attached hydrogens (tertiary/aromatic N) is 3. The molecule has 1 aliphatic rings. The quantitative estimate of drug-likeness (QED) is 0.358. The maximum atomic E-state index is 6.01. The van der Waals surface area contributed by atoms with Gasteiger partial charge in [-0.25, -0.2) is 0 Å². The highest BCUT2D eigenvalue weighted by Crippen LogP contribution is 2.10. The average molecular weight is 480 g/mol. The Labute approximate surface area is 174 Å². The maximum absolute atomic E-state index is 6.01. The predicted molar refractivity (Wildman–Crippen MR) is 118 cm³/mol. The smallest absolute Gasteiger partial charge is 0.191 e. The van der Waals surface area contributed by atoms with Crippen molar-refractivity contribution in [3.8, 4) is 0 Å². The van der Waals surface area contributed by atoms with Crippen LogP contribution in [0.25, 0.3) is 0 Å². The van der Waals surface area contributed by atoms with Gasteiger partial charge in [-0.2, -0.15) is 0 Å². The summed E-state index contributed by atoms with van der Waals surface area (Å²) in [6.07, 6.45) is 0.931. The number of aliphatic imine (C=N–C) groups is 1. The fraction of sp³-hybridized carbons (Fsp3) is 0.611. The molecule has 2 rings (SSSR count). The molecular weight excluding hydrogens is 449 g/mol. The van der Waals surface area contributed by atoms with Crippen molar-refractivity contribution in [2.24, 2.45) is 4.99 Å². The number of piperazine rings is 1. The molecule has 0 atom stereocenters. The Morgan fingerprint density at radius 1 is 1.12 bits per heavy atom. The van der Waals surface area contributed by atoms with E-state index < -0.39 is 0 Å². The molecule has 25 heavy (non-hydrogen) atoms. The Morgan fingerprint density at radius 2 is 1.80 bits per heavy atom. The maximum Gasteiger partial charge on any atom is 0.191 e. The summed E-state index contributed by atoms with van der Waals surface area (Å²) < 4.78 is 0. The fourth-order valence-corrected chi connectivity index (χ4v) is 3.11. The van der Waals surface area contributed by atoms with Crippen molar-refractivity contribution in [3.63, 3.8) is 0 Å². The van der Waals surface area contributed by atoms with E-state index in [2.05, 4.69) is 38.4 Å². The monoisotopic (exact) mass is 479 g/mol. The van der Waals surface area contributed by atoms with E-state index in [1.165, 1.54) is 18.7 Å². The van der Waals surface area contributed by atoms with Crippen LogP contribution in [0.1, 0.15) is 12.5 Å². The molecule has 0 saturated carbocycles. The number of nitrogens with one attached hydrogen (secondary N) is 2. The van der Waals surface area contributed by atoms with Crippen molar-refractivity contribution < 1.29 is 0 Å². The summed E-state index contributed by atoms with van der Waals surface area (Å²) in [5.41, 5.74) is 1.24. The highest BCUT2D eigenvalue weighted by molar-refractivity contribution is 14.0. The first kappa shape index (κ1) is 22.5. The van der Waals surface area contributed by atoms with Gasteiger partial charge in [0.1, 0.15) is 0 Å². The van der Waals surface area contributed by atoms with Crippen molar-refractivity contribution >= 4 is 41.5 Å². The van der Waals surface area contributed by atoms with Crippen LogP contribution in [0.4, 0.5) is 0 Å². The van der Waals surface area contributed by atoms with Gasteiger partial charge in [-0.05, 0) is 30.7 Å². The molecule has 1 heterocycles. The van der Waals surface area contributed by atoms with Crippen LogP contribution < -0.4 is 10.6 Å². The molecule has 0 radical (unpaired) electrons. The third kappa shape index (κ3) is 8.57. The zero-order valence-electron chi connectivity index (χ0n) is 15.3. The van der Waals surface area contributed by atoms with Gasteiger partial charge in [0, 0.05) is 57.9 Å². The number of rotatable bonds is 7. The lowest BCUT2D eigenvalue weighted by Gasteiger charge is -2.34. The SMILES string of the molecule is CCN1CCN(CCNC(=NC)NCCc2cccc(Cl)c2)CC1.I. The van der Waals surface area contributed by atoms with Gasteiger partial charge in [-0.1, -0.05) is 30.7 Å². The Balaban J connectivity index is 0.00000312. The predicted octanol–water partition coefficient (Wildman–Crippen LogP) is 2.30. The second-order valence-corrected chi connectivity index (χ2v) is 6.52. The number of halogens is 2. The van der Waals surface area contributed by atoms with Crippen LogP contribution in [0.15, 0.2) is 29.3 Å². The summed E-state index contributed by atoms with van der Waals surface area (Å²) in [6, 6.07) is 8.00. The zero-order valence-corrected chi connectivity index (χ0v) is 18.4. The Morgan fingerprint density at radius 3 is 2.44 bits per heavy atom. The fourth-order valence-electron chi connectivity index (χ4n) is 2.90. The van der Waals surface area contributed by atoms with E-state index >= 15 is 0 Å². The van der Waals surface area contributed by atoms with Gasteiger partial charge in [0.25, 0.3) is 0 Å². The molecule has 1 fully saturated rings. The lowest BCUT2D eigenvalue weighted by molar-refractivity contribution is 0.139.